The molecule has 2 N–H and O–H groups in total. The van der Waals surface area contributed by atoms with Crippen molar-refractivity contribution >= 4 is 12.1 Å². The van der Waals surface area contributed by atoms with Gasteiger partial charge in [0.15, 0.2) is 0 Å². The maximum atomic E-state index is 12.4. The van der Waals surface area contributed by atoms with E-state index in [1.165, 1.54) is 11.8 Å². The summed E-state index contributed by atoms with van der Waals surface area (Å²) < 4.78 is 6.02. The molecule has 7 nitrogen and oxygen atoms in total. The van der Waals surface area contributed by atoms with E-state index < -0.39 is 5.91 Å². The second-order valence-corrected chi connectivity index (χ2v) is 6.89. The molecule has 0 atom stereocenters. The van der Waals surface area contributed by atoms with Crippen LogP contribution in [0.5, 0.6) is 5.75 Å². The fraction of sp³-hybridized carbons (Fsp3) is 0.0833. The number of nitrogens with one attached hydrogen (secondary N) is 2. The summed E-state index contributed by atoms with van der Waals surface area (Å²) in [5, 5.41) is 11.0. The SMILES string of the molecule is Cc1ccc(COc2ccccc2-c2cc(C(=O)N/N=C/c3ccccn3)[nH]n2)cc1. The largest absolute Gasteiger partial charge is 0.488 e. The molecule has 4 aromatic rings. The van der Waals surface area contributed by atoms with Crippen molar-refractivity contribution in [3.8, 4) is 17.0 Å². The maximum Gasteiger partial charge on any atom is 0.289 e. The highest BCUT2D eigenvalue weighted by Gasteiger charge is 2.13. The van der Waals surface area contributed by atoms with E-state index in [1.54, 1.807) is 18.3 Å². The third kappa shape index (κ3) is 5.22. The van der Waals surface area contributed by atoms with Gasteiger partial charge in [0.25, 0.3) is 5.91 Å². The Morgan fingerprint density at radius 3 is 2.71 bits per heavy atom. The number of amides is 1. The fourth-order valence-electron chi connectivity index (χ4n) is 2.90. The van der Waals surface area contributed by atoms with Crippen LogP contribution in [0.3, 0.4) is 0 Å². The van der Waals surface area contributed by atoms with Crippen molar-refractivity contribution in [2.45, 2.75) is 13.5 Å². The van der Waals surface area contributed by atoms with Crippen LogP contribution in [0, 0.1) is 6.92 Å². The van der Waals surface area contributed by atoms with E-state index in [1.807, 2.05) is 48.5 Å². The molecule has 0 unspecified atom stereocenters. The van der Waals surface area contributed by atoms with Gasteiger partial charge >= 0.3 is 0 Å². The topological polar surface area (TPSA) is 92.3 Å². The molecule has 2 heterocycles. The number of aryl methyl sites for hydroxylation is 1. The third-order valence-electron chi connectivity index (χ3n) is 4.55. The van der Waals surface area contributed by atoms with Gasteiger partial charge in [-0.25, -0.2) is 5.43 Å². The van der Waals surface area contributed by atoms with Crippen molar-refractivity contribution in [2.75, 3.05) is 0 Å². The third-order valence-corrected chi connectivity index (χ3v) is 4.55. The van der Waals surface area contributed by atoms with Crippen LogP contribution in [0.1, 0.15) is 27.3 Å². The van der Waals surface area contributed by atoms with Crippen molar-refractivity contribution in [3.63, 3.8) is 0 Å². The van der Waals surface area contributed by atoms with Gasteiger partial charge in [-0.05, 0) is 42.8 Å². The average Bonchev–Trinajstić information content (AvgIpc) is 3.30. The quantitative estimate of drug-likeness (QED) is 0.353. The van der Waals surface area contributed by atoms with Crippen molar-refractivity contribution in [1.82, 2.24) is 20.6 Å². The van der Waals surface area contributed by atoms with Gasteiger partial charge in [0.05, 0.1) is 17.6 Å². The Morgan fingerprint density at radius 2 is 1.90 bits per heavy atom. The number of aromatic nitrogens is 3. The van der Waals surface area contributed by atoms with Crippen LogP contribution in [0.15, 0.2) is 84.1 Å². The van der Waals surface area contributed by atoms with Crippen molar-refractivity contribution < 1.29 is 9.53 Å². The lowest BCUT2D eigenvalue weighted by atomic mass is 10.1. The van der Waals surface area contributed by atoms with Gasteiger partial charge in [-0.1, -0.05) is 48.0 Å². The minimum absolute atomic E-state index is 0.293. The zero-order valence-electron chi connectivity index (χ0n) is 16.9. The summed E-state index contributed by atoms with van der Waals surface area (Å²) in [5.41, 5.74) is 7.09. The molecular formula is C24H21N5O2. The Bertz CT molecular complexity index is 1180. The van der Waals surface area contributed by atoms with Crippen molar-refractivity contribution in [1.29, 1.82) is 0 Å². The predicted octanol–water partition coefficient (Wildman–Crippen LogP) is 4.12. The van der Waals surface area contributed by atoms with E-state index in [9.17, 15) is 4.79 Å². The molecule has 0 bridgehead atoms. The Kier molecular flexibility index (Phi) is 6.13. The molecule has 0 aliphatic heterocycles. The molecular weight excluding hydrogens is 390 g/mol. The lowest BCUT2D eigenvalue weighted by Crippen LogP contribution is -2.18. The molecule has 1 amide bonds. The van der Waals surface area contributed by atoms with E-state index in [0.717, 1.165) is 11.1 Å². The van der Waals surface area contributed by atoms with Crippen LogP contribution >= 0.6 is 0 Å². The first-order valence-corrected chi connectivity index (χ1v) is 9.76. The lowest BCUT2D eigenvalue weighted by molar-refractivity contribution is 0.0950. The smallest absolute Gasteiger partial charge is 0.289 e. The molecule has 0 saturated heterocycles. The second kappa shape index (κ2) is 9.49. The van der Waals surface area contributed by atoms with E-state index in [2.05, 4.69) is 44.8 Å². The molecule has 0 aliphatic carbocycles. The number of para-hydroxylation sites is 1. The van der Waals surface area contributed by atoms with Gasteiger partial charge in [0.1, 0.15) is 18.1 Å². The van der Waals surface area contributed by atoms with Crippen LogP contribution in [-0.4, -0.2) is 27.3 Å². The highest BCUT2D eigenvalue weighted by molar-refractivity contribution is 5.94. The molecule has 0 spiro atoms. The molecule has 0 fully saturated rings. The van der Waals surface area contributed by atoms with Gasteiger partial charge in [0.2, 0.25) is 0 Å². The Balaban J connectivity index is 1.44. The first-order chi connectivity index (χ1) is 15.2. The van der Waals surface area contributed by atoms with Crippen molar-refractivity contribution in [3.05, 3.63) is 102 Å². The molecule has 7 heteroatoms. The van der Waals surface area contributed by atoms with Crippen LogP contribution in [-0.2, 0) is 6.61 Å². The number of rotatable bonds is 7. The number of hydrogen-bond donors (Lipinski definition) is 2. The number of carbonyl (C=O) groups excluding carboxylic acids is 1. The summed E-state index contributed by atoms with van der Waals surface area (Å²) >= 11 is 0. The Labute approximate surface area is 179 Å². The molecule has 0 radical (unpaired) electrons. The lowest BCUT2D eigenvalue weighted by Gasteiger charge is -2.10. The van der Waals surface area contributed by atoms with Crippen LogP contribution < -0.4 is 10.2 Å². The summed E-state index contributed by atoms with van der Waals surface area (Å²) in [7, 11) is 0. The molecule has 0 aliphatic rings. The number of hydrazone groups is 1. The predicted molar refractivity (Wildman–Crippen MR) is 119 cm³/mol. The van der Waals surface area contributed by atoms with Gasteiger partial charge < -0.3 is 4.74 Å². The molecule has 4 rings (SSSR count). The Morgan fingerprint density at radius 1 is 1.10 bits per heavy atom. The summed E-state index contributed by atoms with van der Waals surface area (Å²) in [6.45, 7) is 2.49. The van der Waals surface area contributed by atoms with E-state index in [4.69, 9.17) is 4.74 Å². The first-order valence-electron chi connectivity index (χ1n) is 9.76. The number of nitrogens with zero attached hydrogens (tertiary/aromatic N) is 3. The van der Waals surface area contributed by atoms with Gasteiger partial charge in [-0.2, -0.15) is 10.2 Å². The number of ether oxygens (including phenoxy) is 1. The first kappa shape index (κ1) is 20.0. The van der Waals surface area contributed by atoms with Crippen molar-refractivity contribution in [2.24, 2.45) is 5.10 Å². The summed E-state index contributed by atoms with van der Waals surface area (Å²) in [6, 6.07) is 22.9. The number of pyridine rings is 1. The summed E-state index contributed by atoms with van der Waals surface area (Å²) in [6.07, 6.45) is 3.13. The molecule has 2 aromatic heterocycles. The highest BCUT2D eigenvalue weighted by atomic mass is 16.5. The fourth-order valence-corrected chi connectivity index (χ4v) is 2.90. The van der Waals surface area contributed by atoms with Gasteiger partial charge in [-0.3, -0.25) is 14.9 Å². The zero-order valence-corrected chi connectivity index (χ0v) is 16.9. The number of hydrogen-bond acceptors (Lipinski definition) is 5. The molecule has 154 valence electrons. The minimum Gasteiger partial charge on any atom is -0.488 e. The van der Waals surface area contributed by atoms with Crippen LogP contribution in [0.25, 0.3) is 11.3 Å². The highest BCUT2D eigenvalue weighted by Crippen LogP contribution is 2.29. The van der Waals surface area contributed by atoms with E-state index in [0.29, 0.717) is 29.4 Å². The average molecular weight is 411 g/mol. The molecule has 0 saturated carbocycles. The maximum absolute atomic E-state index is 12.4. The minimum atomic E-state index is -0.399. The van der Waals surface area contributed by atoms with E-state index in [-0.39, 0.29) is 0 Å². The number of H-pyrrole nitrogens is 1. The Hall–Kier alpha value is -4.26. The van der Waals surface area contributed by atoms with Crippen LogP contribution in [0.2, 0.25) is 0 Å². The molecule has 2 aromatic carbocycles. The number of carbonyl (C=O) groups is 1. The summed E-state index contributed by atoms with van der Waals surface area (Å²) in [5.74, 6) is 0.290. The number of benzene rings is 2. The summed E-state index contributed by atoms with van der Waals surface area (Å²) in [4.78, 5) is 16.5. The van der Waals surface area contributed by atoms with Gasteiger partial charge in [-0.15, -0.1) is 0 Å². The standard InChI is InChI=1S/C24H21N5O2/c1-17-9-11-18(12-10-17)16-31-23-8-3-2-7-20(23)21-14-22(28-27-21)24(30)29-26-15-19-6-4-5-13-25-19/h2-15H,16H2,1H3,(H,27,28)(H,29,30)/b26-15+. The van der Waals surface area contributed by atoms with Crippen LogP contribution in [0.4, 0.5) is 0 Å². The number of aromatic amines is 1. The van der Waals surface area contributed by atoms with E-state index >= 15 is 0 Å². The zero-order chi connectivity index (χ0) is 21.5. The molecule has 31 heavy (non-hydrogen) atoms. The van der Waals surface area contributed by atoms with Gasteiger partial charge in [0, 0.05) is 11.8 Å². The normalized spacial score (nSPS) is 10.9. The second-order valence-electron chi connectivity index (χ2n) is 6.89. The monoisotopic (exact) mass is 411 g/mol.